The van der Waals surface area contributed by atoms with Crippen LogP contribution in [0.5, 0.6) is 0 Å². The SMILES string of the molecule is CCC(C)(C)C1CCC(C#N)(C(=O)O)CC1. The Bertz CT molecular complexity index is 306. The van der Waals surface area contributed by atoms with E-state index in [1.807, 2.05) is 6.07 Å². The van der Waals surface area contributed by atoms with E-state index in [1.165, 1.54) is 0 Å². The van der Waals surface area contributed by atoms with Gasteiger partial charge in [-0.3, -0.25) is 4.79 Å². The lowest BCUT2D eigenvalue weighted by molar-refractivity contribution is -0.148. The smallest absolute Gasteiger partial charge is 0.324 e. The summed E-state index contributed by atoms with van der Waals surface area (Å²) in [5.74, 6) is -0.388. The van der Waals surface area contributed by atoms with Crippen LogP contribution in [0, 0.1) is 28.1 Å². The summed E-state index contributed by atoms with van der Waals surface area (Å²) in [6.45, 7) is 6.64. The van der Waals surface area contributed by atoms with Crippen molar-refractivity contribution in [3.8, 4) is 6.07 Å². The molecule has 1 rings (SSSR count). The number of nitriles is 1. The lowest BCUT2D eigenvalue weighted by atomic mass is 9.63. The molecule has 3 heteroatoms. The number of carboxylic acids is 1. The van der Waals surface area contributed by atoms with E-state index in [9.17, 15) is 4.79 Å². The van der Waals surface area contributed by atoms with Crippen LogP contribution in [0.15, 0.2) is 0 Å². The van der Waals surface area contributed by atoms with Crippen LogP contribution in [0.25, 0.3) is 0 Å². The molecule has 90 valence electrons. The van der Waals surface area contributed by atoms with Crippen molar-refractivity contribution in [2.45, 2.75) is 52.9 Å². The molecule has 0 amide bonds. The van der Waals surface area contributed by atoms with Crippen molar-refractivity contribution in [2.75, 3.05) is 0 Å². The Morgan fingerprint density at radius 1 is 1.50 bits per heavy atom. The molecule has 1 aliphatic carbocycles. The number of carboxylic acid groups (broad SMARTS) is 1. The number of nitrogens with zero attached hydrogens (tertiary/aromatic N) is 1. The predicted molar refractivity (Wildman–Crippen MR) is 61.7 cm³/mol. The molecular formula is C13H21NO2. The van der Waals surface area contributed by atoms with Gasteiger partial charge in [-0.05, 0) is 37.0 Å². The number of hydrogen-bond donors (Lipinski definition) is 1. The molecule has 0 aromatic rings. The molecule has 0 heterocycles. The Balaban J connectivity index is 2.71. The third-order valence-corrected chi connectivity index (χ3v) is 4.48. The first-order chi connectivity index (χ1) is 7.38. The highest BCUT2D eigenvalue weighted by molar-refractivity contribution is 5.78. The van der Waals surface area contributed by atoms with E-state index in [-0.39, 0.29) is 5.41 Å². The Morgan fingerprint density at radius 3 is 2.31 bits per heavy atom. The van der Waals surface area contributed by atoms with Crippen molar-refractivity contribution in [2.24, 2.45) is 16.7 Å². The van der Waals surface area contributed by atoms with Crippen LogP contribution in [0.1, 0.15) is 52.9 Å². The van der Waals surface area contributed by atoms with Crippen molar-refractivity contribution >= 4 is 5.97 Å². The van der Waals surface area contributed by atoms with Crippen LogP contribution >= 0.6 is 0 Å². The highest BCUT2D eigenvalue weighted by atomic mass is 16.4. The van der Waals surface area contributed by atoms with Crippen LogP contribution in [0.4, 0.5) is 0 Å². The summed E-state index contributed by atoms with van der Waals surface area (Å²) < 4.78 is 0. The standard InChI is InChI=1S/C13H21NO2/c1-4-12(2,3)10-5-7-13(9-14,8-6-10)11(15)16/h10H,4-8H2,1-3H3,(H,15,16). The van der Waals surface area contributed by atoms with Crippen molar-refractivity contribution in [3.05, 3.63) is 0 Å². The molecule has 0 aliphatic heterocycles. The minimum absolute atomic E-state index is 0.264. The topological polar surface area (TPSA) is 61.1 Å². The molecular weight excluding hydrogens is 202 g/mol. The molecule has 0 atom stereocenters. The van der Waals surface area contributed by atoms with Crippen LogP contribution in [0.3, 0.4) is 0 Å². The zero-order valence-electron chi connectivity index (χ0n) is 10.4. The van der Waals surface area contributed by atoms with E-state index in [0.717, 1.165) is 19.3 Å². The summed E-state index contributed by atoms with van der Waals surface area (Å²) in [7, 11) is 0. The number of carbonyl (C=O) groups is 1. The molecule has 0 bridgehead atoms. The van der Waals surface area contributed by atoms with Gasteiger partial charge in [-0.15, -0.1) is 0 Å². The largest absolute Gasteiger partial charge is 0.480 e. The van der Waals surface area contributed by atoms with Gasteiger partial charge in [0.1, 0.15) is 0 Å². The van der Waals surface area contributed by atoms with Gasteiger partial charge in [0.25, 0.3) is 0 Å². The molecule has 0 unspecified atom stereocenters. The molecule has 0 aromatic carbocycles. The van der Waals surface area contributed by atoms with Crippen molar-refractivity contribution in [3.63, 3.8) is 0 Å². The number of rotatable bonds is 3. The van der Waals surface area contributed by atoms with Crippen LogP contribution in [-0.4, -0.2) is 11.1 Å². The minimum atomic E-state index is -1.11. The van der Waals surface area contributed by atoms with E-state index in [1.54, 1.807) is 0 Å². The second-order valence-corrected chi connectivity index (χ2v) is 5.62. The maximum atomic E-state index is 11.1. The average Bonchev–Trinajstić information content (AvgIpc) is 2.28. The second-order valence-electron chi connectivity index (χ2n) is 5.62. The van der Waals surface area contributed by atoms with Crippen LogP contribution < -0.4 is 0 Å². The first kappa shape index (κ1) is 13.0. The van der Waals surface area contributed by atoms with E-state index >= 15 is 0 Å². The molecule has 0 radical (unpaired) electrons. The van der Waals surface area contributed by atoms with Crippen LogP contribution in [0.2, 0.25) is 0 Å². The van der Waals surface area contributed by atoms with Gasteiger partial charge < -0.3 is 5.11 Å². The van der Waals surface area contributed by atoms with E-state index < -0.39 is 11.4 Å². The Hall–Kier alpha value is -1.04. The van der Waals surface area contributed by atoms with Gasteiger partial charge >= 0.3 is 5.97 Å². The lowest BCUT2D eigenvalue weighted by Crippen LogP contribution is -2.37. The van der Waals surface area contributed by atoms with E-state index in [4.69, 9.17) is 10.4 Å². The Morgan fingerprint density at radius 2 is 2.00 bits per heavy atom. The quantitative estimate of drug-likeness (QED) is 0.799. The van der Waals surface area contributed by atoms with Gasteiger partial charge in [-0.25, -0.2) is 0 Å². The lowest BCUT2D eigenvalue weighted by Gasteiger charge is -2.40. The van der Waals surface area contributed by atoms with Gasteiger partial charge in [0.15, 0.2) is 5.41 Å². The van der Waals surface area contributed by atoms with Crippen molar-refractivity contribution < 1.29 is 9.90 Å². The van der Waals surface area contributed by atoms with Gasteiger partial charge in [-0.1, -0.05) is 27.2 Å². The maximum Gasteiger partial charge on any atom is 0.324 e. The fourth-order valence-electron chi connectivity index (χ4n) is 2.55. The van der Waals surface area contributed by atoms with Crippen molar-refractivity contribution in [1.82, 2.24) is 0 Å². The highest BCUT2D eigenvalue weighted by Crippen LogP contribution is 2.46. The minimum Gasteiger partial charge on any atom is -0.480 e. The highest BCUT2D eigenvalue weighted by Gasteiger charge is 2.44. The van der Waals surface area contributed by atoms with Gasteiger partial charge in [0, 0.05) is 0 Å². The number of aliphatic carboxylic acids is 1. The number of hydrogen-bond acceptors (Lipinski definition) is 2. The summed E-state index contributed by atoms with van der Waals surface area (Å²) in [6.07, 6.45) is 3.84. The molecule has 0 aromatic heterocycles. The molecule has 16 heavy (non-hydrogen) atoms. The van der Waals surface area contributed by atoms with Crippen molar-refractivity contribution in [1.29, 1.82) is 5.26 Å². The zero-order chi connectivity index (χ0) is 12.4. The predicted octanol–water partition coefficient (Wildman–Crippen LogP) is 3.21. The van der Waals surface area contributed by atoms with Gasteiger partial charge in [0.05, 0.1) is 6.07 Å². The van der Waals surface area contributed by atoms with E-state index in [2.05, 4.69) is 20.8 Å². The zero-order valence-corrected chi connectivity index (χ0v) is 10.4. The summed E-state index contributed by atoms with van der Waals surface area (Å²) in [4.78, 5) is 11.1. The van der Waals surface area contributed by atoms with E-state index in [0.29, 0.717) is 18.8 Å². The fourth-order valence-corrected chi connectivity index (χ4v) is 2.55. The first-order valence-corrected chi connectivity index (χ1v) is 6.02. The normalized spacial score (nSPS) is 30.8. The molecule has 1 saturated carbocycles. The Labute approximate surface area is 97.5 Å². The van der Waals surface area contributed by atoms with Crippen LogP contribution in [-0.2, 0) is 4.79 Å². The molecule has 1 N–H and O–H groups in total. The second kappa shape index (κ2) is 4.45. The summed E-state index contributed by atoms with van der Waals surface area (Å²) in [5, 5.41) is 18.1. The molecule has 3 nitrogen and oxygen atoms in total. The maximum absolute atomic E-state index is 11.1. The molecule has 1 fully saturated rings. The molecule has 1 aliphatic rings. The van der Waals surface area contributed by atoms with Gasteiger partial charge in [0.2, 0.25) is 0 Å². The Kier molecular flexibility index (Phi) is 3.62. The summed E-state index contributed by atoms with van der Waals surface area (Å²) >= 11 is 0. The third-order valence-electron chi connectivity index (χ3n) is 4.48. The van der Waals surface area contributed by atoms with Gasteiger partial charge in [-0.2, -0.15) is 5.26 Å². The third kappa shape index (κ3) is 2.21. The first-order valence-electron chi connectivity index (χ1n) is 6.02. The average molecular weight is 223 g/mol. The molecule has 0 spiro atoms. The monoisotopic (exact) mass is 223 g/mol. The summed E-state index contributed by atoms with van der Waals surface area (Å²) in [5.41, 5.74) is -0.847. The fraction of sp³-hybridized carbons (Fsp3) is 0.846. The molecule has 0 saturated heterocycles. The summed E-state index contributed by atoms with van der Waals surface area (Å²) in [6, 6.07) is 2.01.